The van der Waals surface area contributed by atoms with Crippen LogP contribution in [-0.2, 0) is 29.0 Å². The highest BCUT2D eigenvalue weighted by molar-refractivity contribution is 5.92. The molecule has 0 aromatic carbocycles. The van der Waals surface area contributed by atoms with Crippen LogP contribution in [0.25, 0.3) is 5.78 Å². The van der Waals surface area contributed by atoms with Gasteiger partial charge in [-0.25, -0.2) is 14.5 Å². The lowest BCUT2D eigenvalue weighted by Crippen LogP contribution is -2.47. The largest absolute Gasteiger partial charge is 0.393 e. The van der Waals surface area contributed by atoms with Crippen LogP contribution in [0.15, 0.2) is 18.5 Å². The highest BCUT2D eigenvalue weighted by atomic mass is 19.4. The van der Waals surface area contributed by atoms with Crippen LogP contribution in [0.2, 0.25) is 0 Å². The number of alkyl halides is 3. The Kier molecular flexibility index (Phi) is 9.83. The van der Waals surface area contributed by atoms with E-state index in [2.05, 4.69) is 27.6 Å². The molecule has 6 rings (SSSR count). The summed E-state index contributed by atoms with van der Waals surface area (Å²) >= 11 is 0. The number of rotatable bonds is 9. The quantitative estimate of drug-likeness (QED) is 0.356. The molecule has 1 aliphatic carbocycles. The number of morpholine rings is 1. The average Bonchev–Trinajstić information content (AvgIpc) is 3.69. The Bertz CT molecular complexity index is 1570. The number of carbonyl (C=O) groups is 2. The molecule has 12 nitrogen and oxygen atoms in total. The highest BCUT2D eigenvalue weighted by Crippen LogP contribution is 2.37. The number of hydrogen-bond donors (Lipinski definition) is 2. The van der Waals surface area contributed by atoms with Gasteiger partial charge in [0.05, 0.1) is 48.5 Å². The third-order valence-electron chi connectivity index (χ3n) is 10.1. The maximum absolute atomic E-state index is 13.7. The Labute approximate surface area is 271 Å². The molecule has 2 saturated heterocycles. The molecule has 0 spiro atoms. The number of nitrogens with one attached hydrogen (secondary N) is 2. The summed E-state index contributed by atoms with van der Waals surface area (Å²) in [5, 5.41) is 14.8. The lowest BCUT2D eigenvalue weighted by atomic mass is 9.78. The molecular formula is C32H44F3N9O3. The second-order valence-corrected chi connectivity index (χ2v) is 13.4. The van der Waals surface area contributed by atoms with E-state index in [4.69, 9.17) is 19.8 Å². The van der Waals surface area contributed by atoms with Gasteiger partial charge in [0.25, 0.3) is 11.7 Å². The van der Waals surface area contributed by atoms with Crippen molar-refractivity contribution < 1.29 is 27.5 Å². The van der Waals surface area contributed by atoms with Crippen LogP contribution < -0.4 is 10.6 Å². The molecular weight excluding hydrogens is 615 g/mol. The predicted molar refractivity (Wildman–Crippen MR) is 165 cm³/mol. The molecule has 3 fully saturated rings. The van der Waals surface area contributed by atoms with Crippen molar-refractivity contribution in [2.24, 2.45) is 23.7 Å². The van der Waals surface area contributed by atoms with Gasteiger partial charge in [0.1, 0.15) is 5.69 Å². The van der Waals surface area contributed by atoms with Gasteiger partial charge in [0.2, 0.25) is 5.91 Å². The monoisotopic (exact) mass is 659 g/mol. The van der Waals surface area contributed by atoms with Crippen LogP contribution in [0.1, 0.15) is 86.5 Å². The van der Waals surface area contributed by atoms with Gasteiger partial charge in [-0.05, 0) is 51.0 Å². The molecule has 2 aliphatic heterocycles. The minimum absolute atomic E-state index is 0.0185. The molecule has 2 N–H and O–H groups in total. The summed E-state index contributed by atoms with van der Waals surface area (Å²) < 4.78 is 49.7. The zero-order chi connectivity index (χ0) is 33.3. The maximum Gasteiger partial charge on any atom is 0.393 e. The molecule has 0 bridgehead atoms. The smallest absolute Gasteiger partial charge is 0.379 e. The summed E-state index contributed by atoms with van der Waals surface area (Å²) in [7, 11) is 0. The molecule has 2 amide bonds. The number of halogens is 3. The summed E-state index contributed by atoms with van der Waals surface area (Å²) in [6.07, 6.45) is 2.61. The first-order valence-electron chi connectivity index (χ1n) is 16.7. The van der Waals surface area contributed by atoms with Gasteiger partial charge in [-0.15, -0.1) is 0 Å². The SMILES string of the molecule is CCn1nccc1C(=O)N[C@H](c1cn2nc(C[C@H]3C[C@@H](C(F)(F)F)CNC3=O)c(CN3CCOCC3C)nc2n1)C1CCC(C)CC1. The third kappa shape index (κ3) is 7.45. The maximum atomic E-state index is 13.7. The Morgan fingerprint density at radius 3 is 2.68 bits per heavy atom. The Balaban J connectivity index is 1.35. The number of fused-ring (bicyclic) bond motifs is 1. The van der Waals surface area contributed by atoms with Crippen molar-refractivity contribution in [3.8, 4) is 0 Å². The summed E-state index contributed by atoms with van der Waals surface area (Å²) in [5.41, 5.74) is 2.12. The van der Waals surface area contributed by atoms with E-state index in [-0.39, 0.29) is 30.7 Å². The molecule has 0 radical (unpaired) electrons. The van der Waals surface area contributed by atoms with E-state index in [0.717, 1.165) is 25.7 Å². The van der Waals surface area contributed by atoms with Crippen LogP contribution in [-0.4, -0.2) is 84.6 Å². The summed E-state index contributed by atoms with van der Waals surface area (Å²) in [4.78, 5) is 38.3. The number of ether oxygens (including phenoxy) is 1. The minimum Gasteiger partial charge on any atom is -0.379 e. The molecule has 1 saturated carbocycles. The van der Waals surface area contributed by atoms with Gasteiger partial charge in [-0.3, -0.25) is 19.2 Å². The molecule has 3 aromatic rings. The van der Waals surface area contributed by atoms with E-state index in [1.165, 1.54) is 0 Å². The fraction of sp³-hybridized carbons (Fsp3) is 0.688. The molecule has 256 valence electrons. The van der Waals surface area contributed by atoms with Crippen molar-refractivity contribution >= 4 is 17.6 Å². The lowest BCUT2D eigenvalue weighted by molar-refractivity contribution is -0.183. The van der Waals surface area contributed by atoms with Crippen LogP contribution in [0, 0.1) is 23.7 Å². The van der Waals surface area contributed by atoms with E-state index >= 15 is 0 Å². The number of amides is 2. The minimum atomic E-state index is -4.40. The number of aryl methyl sites for hydroxylation is 1. The molecule has 4 atom stereocenters. The van der Waals surface area contributed by atoms with E-state index in [0.29, 0.717) is 67.3 Å². The molecule has 5 heterocycles. The molecule has 3 aromatic heterocycles. The summed E-state index contributed by atoms with van der Waals surface area (Å²) in [6.45, 7) is 8.51. The van der Waals surface area contributed by atoms with Crippen molar-refractivity contribution in [2.75, 3.05) is 26.3 Å². The standard InChI is InChI=1S/C32H44F3N9O3/c1-4-43-27(9-10-37-43)30(46)40-28(21-7-5-19(2)6-8-21)26-17-44-31(39-26)38-25(16-42-11-12-47-18-20(42)3)24(41-44)14-22-13-23(32(33,34)35)15-36-29(22)45/h9-10,17,19-23,28H,4-8,11-16,18H2,1-3H3,(H,36,45)(H,40,46)/t19?,20?,21?,22-,23-,28+/m1/s1. The van der Waals surface area contributed by atoms with Gasteiger partial charge in [-0.1, -0.05) is 19.8 Å². The molecule has 3 aliphatic rings. The number of hydrogen-bond acceptors (Lipinski definition) is 8. The predicted octanol–water partition coefficient (Wildman–Crippen LogP) is 3.72. The zero-order valence-electron chi connectivity index (χ0n) is 27.2. The number of aromatic nitrogens is 6. The van der Waals surface area contributed by atoms with E-state index < -0.39 is 36.5 Å². The third-order valence-corrected chi connectivity index (χ3v) is 10.1. The van der Waals surface area contributed by atoms with Crippen molar-refractivity contribution in [1.82, 2.24) is 44.9 Å². The van der Waals surface area contributed by atoms with Crippen molar-refractivity contribution in [1.29, 1.82) is 0 Å². The topological polar surface area (TPSA) is 132 Å². The van der Waals surface area contributed by atoms with Gasteiger partial charge in [0.15, 0.2) is 0 Å². The average molecular weight is 660 g/mol. The van der Waals surface area contributed by atoms with Crippen molar-refractivity contribution in [2.45, 2.75) is 90.6 Å². The first-order valence-corrected chi connectivity index (χ1v) is 16.7. The van der Waals surface area contributed by atoms with Crippen LogP contribution >= 0.6 is 0 Å². The highest BCUT2D eigenvalue weighted by Gasteiger charge is 2.45. The Morgan fingerprint density at radius 1 is 1.17 bits per heavy atom. The zero-order valence-corrected chi connectivity index (χ0v) is 27.2. The summed E-state index contributed by atoms with van der Waals surface area (Å²) in [6, 6.07) is 1.39. The van der Waals surface area contributed by atoms with E-state index in [1.54, 1.807) is 27.7 Å². The first kappa shape index (κ1) is 33.3. The number of nitrogens with zero attached hydrogens (tertiary/aromatic N) is 7. The normalized spacial score (nSPS) is 26.7. The lowest BCUT2D eigenvalue weighted by Gasteiger charge is -2.33. The van der Waals surface area contributed by atoms with Crippen LogP contribution in [0.3, 0.4) is 0 Å². The number of imidazole rings is 1. The molecule has 47 heavy (non-hydrogen) atoms. The Morgan fingerprint density at radius 2 is 1.96 bits per heavy atom. The fourth-order valence-electron chi connectivity index (χ4n) is 7.13. The van der Waals surface area contributed by atoms with E-state index in [1.807, 2.05) is 13.8 Å². The van der Waals surface area contributed by atoms with Crippen LogP contribution in [0.5, 0.6) is 0 Å². The van der Waals surface area contributed by atoms with Gasteiger partial charge in [-0.2, -0.15) is 23.4 Å². The molecule has 15 heteroatoms. The fourth-order valence-corrected chi connectivity index (χ4v) is 7.13. The van der Waals surface area contributed by atoms with E-state index in [9.17, 15) is 22.8 Å². The van der Waals surface area contributed by atoms with Crippen molar-refractivity contribution in [3.63, 3.8) is 0 Å². The van der Waals surface area contributed by atoms with Gasteiger partial charge in [0, 0.05) is 50.8 Å². The van der Waals surface area contributed by atoms with Gasteiger partial charge >= 0.3 is 6.18 Å². The number of piperidine rings is 1. The second kappa shape index (κ2) is 13.9. The molecule has 1 unspecified atom stereocenters. The van der Waals surface area contributed by atoms with Gasteiger partial charge < -0.3 is 15.4 Å². The van der Waals surface area contributed by atoms with Crippen molar-refractivity contribution in [3.05, 3.63) is 41.2 Å². The Hall–Kier alpha value is -3.59. The van der Waals surface area contributed by atoms with Crippen LogP contribution in [0.4, 0.5) is 13.2 Å². The first-order chi connectivity index (χ1) is 22.5. The summed E-state index contributed by atoms with van der Waals surface area (Å²) in [5.74, 6) is -2.07. The number of carbonyl (C=O) groups excluding carboxylic acids is 2. The second-order valence-electron chi connectivity index (χ2n) is 13.4.